The number of hydrogen-bond donors (Lipinski definition) is 1. The van der Waals surface area contributed by atoms with Crippen LogP contribution in [0.15, 0.2) is 71.7 Å². The van der Waals surface area contributed by atoms with Crippen molar-refractivity contribution in [3.05, 3.63) is 94.5 Å². The van der Waals surface area contributed by atoms with E-state index < -0.39 is 12.0 Å². The Balaban J connectivity index is 1.09. The average Bonchev–Trinajstić information content (AvgIpc) is 3.75. The third kappa shape index (κ3) is 4.87. The van der Waals surface area contributed by atoms with E-state index in [1.54, 1.807) is 12.1 Å². The maximum Gasteiger partial charge on any atom is 0.326 e. The van der Waals surface area contributed by atoms with Crippen molar-refractivity contribution in [2.75, 3.05) is 6.54 Å². The van der Waals surface area contributed by atoms with Gasteiger partial charge in [-0.25, -0.2) is 4.79 Å². The fourth-order valence-electron chi connectivity index (χ4n) is 6.21. The van der Waals surface area contributed by atoms with Crippen molar-refractivity contribution in [2.24, 2.45) is 10.9 Å². The Kier molecular flexibility index (Phi) is 6.87. The molecule has 3 aliphatic rings. The summed E-state index contributed by atoms with van der Waals surface area (Å²) in [7, 11) is 0. The lowest BCUT2D eigenvalue weighted by molar-refractivity contribution is -0.143. The standard InChI is InChI=1S/C34H34N2O4/c1-20-6-7-26(19-21(20)2)27-16-17-28(27)32(37)31-30(35-31)24-12-8-22(9-13-24)23-10-14-25(15-11-23)33(38)36-18-4-3-5-29(36)34(39)40/h6-15,19,27-29,31H,3-5,16-18H2,1-2H3,(H,39,40)/t27?,28?,29-,31?/m0/s1. The summed E-state index contributed by atoms with van der Waals surface area (Å²) >= 11 is 0. The van der Waals surface area contributed by atoms with Gasteiger partial charge < -0.3 is 10.0 Å². The molecule has 1 amide bonds. The van der Waals surface area contributed by atoms with Crippen LogP contribution in [0.25, 0.3) is 11.1 Å². The second-order valence-corrected chi connectivity index (χ2v) is 11.5. The van der Waals surface area contributed by atoms with E-state index >= 15 is 0 Å². The van der Waals surface area contributed by atoms with Gasteiger partial charge in [-0.1, -0.05) is 54.6 Å². The monoisotopic (exact) mass is 534 g/mol. The Bertz CT molecular complexity index is 1510. The molecule has 3 aromatic carbocycles. The summed E-state index contributed by atoms with van der Waals surface area (Å²) in [6.45, 7) is 4.71. The van der Waals surface area contributed by atoms with E-state index in [0.717, 1.165) is 48.1 Å². The quantitative estimate of drug-likeness (QED) is 0.404. The molecule has 1 N–H and O–H groups in total. The number of nitrogens with zero attached hydrogens (tertiary/aromatic N) is 2. The van der Waals surface area contributed by atoms with Crippen molar-refractivity contribution in [3.63, 3.8) is 0 Å². The minimum atomic E-state index is -0.942. The number of ketones is 1. The number of amides is 1. The number of aliphatic carboxylic acids is 1. The largest absolute Gasteiger partial charge is 0.480 e. The number of piperidine rings is 1. The van der Waals surface area contributed by atoms with E-state index in [0.29, 0.717) is 24.4 Å². The molecule has 1 saturated carbocycles. The number of aryl methyl sites for hydroxylation is 2. The van der Waals surface area contributed by atoms with Gasteiger partial charge in [-0.15, -0.1) is 0 Å². The van der Waals surface area contributed by atoms with Crippen molar-refractivity contribution in [2.45, 2.75) is 64.0 Å². The highest BCUT2D eigenvalue weighted by Crippen LogP contribution is 2.45. The first-order valence-electron chi connectivity index (χ1n) is 14.2. The fraction of sp³-hybridized carbons (Fsp3) is 0.353. The molecule has 2 heterocycles. The minimum absolute atomic E-state index is 0.0459. The van der Waals surface area contributed by atoms with E-state index in [2.05, 4.69) is 37.0 Å². The molecule has 3 aromatic rings. The summed E-state index contributed by atoms with van der Waals surface area (Å²) in [5.41, 5.74) is 8.13. The summed E-state index contributed by atoms with van der Waals surface area (Å²) in [4.78, 5) is 43.9. The minimum Gasteiger partial charge on any atom is -0.480 e. The van der Waals surface area contributed by atoms with Gasteiger partial charge in [-0.3, -0.25) is 14.6 Å². The molecule has 0 bridgehead atoms. The van der Waals surface area contributed by atoms with Crippen LogP contribution in [0.4, 0.5) is 0 Å². The van der Waals surface area contributed by atoms with Crippen LogP contribution in [0.1, 0.15) is 70.6 Å². The number of carboxylic acids is 1. The fourth-order valence-corrected chi connectivity index (χ4v) is 6.21. The molecule has 6 nitrogen and oxygen atoms in total. The number of hydrogen-bond acceptors (Lipinski definition) is 4. The average molecular weight is 535 g/mol. The van der Waals surface area contributed by atoms with Crippen LogP contribution in [-0.2, 0) is 9.59 Å². The van der Waals surface area contributed by atoms with Crippen molar-refractivity contribution < 1.29 is 19.5 Å². The lowest BCUT2D eigenvalue weighted by atomic mass is 9.67. The number of carbonyl (C=O) groups excluding carboxylic acids is 2. The number of likely N-dealkylation sites (tertiary alicyclic amines) is 1. The number of benzene rings is 3. The highest BCUT2D eigenvalue weighted by atomic mass is 16.4. The maximum atomic E-state index is 13.3. The molecule has 204 valence electrons. The first-order chi connectivity index (χ1) is 19.3. The lowest BCUT2D eigenvalue weighted by Gasteiger charge is -2.36. The number of Topliss-reactive ketones (excluding diaryl/α,β-unsaturated/α-hetero) is 1. The second-order valence-electron chi connectivity index (χ2n) is 11.5. The van der Waals surface area contributed by atoms with Crippen molar-refractivity contribution in [3.8, 4) is 11.1 Å². The van der Waals surface area contributed by atoms with Gasteiger partial charge in [0.05, 0.1) is 5.71 Å². The summed E-state index contributed by atoms with van der Waals surface area (Å²) in [6.07, 6.45) is 4.13. The summed E-state index contributed by atoms with van der Waals surface area (Å²) < 4.78 is 0. The second kappa shape index (κ2) is 10.5. The topological polar surface area (TPSA) is 87.0 Å². The van der Waals surface area contributed by atoms with Gasteiger partial charge in [-0.05, 0) is 97.4 Å². The highest BCUT2D eigenvalue weighted by Gasteiger charge is 2.46. The number of carboxylic acid groups (broad SMARTS) is 1. The molecular formula is C34H34N2O4. The molecule has 40 heavy (non-hydrogen) atoms. The normalized spacial score (nSPS) is 23.6. The molecule has 3 unspecified atom stereocenters. The molecule has 6 heteroatoms. The third-order valence-corrected chi connectivity index (χ3v) is 9.02. The molecule has 6 rings (SSSR count). The zero-order chi connectivity index (χ0) is 28.0. The Hall–Kier alpha value is -4.06. The molecule has 0 aromatic heterocycles. The van der Waals surface area contributed by atoms with Gasteiger partial charge in [0, 0.05) is 18.0 Å². The summed E-state index contributed by atoms with van der Waals surface area (Å²) in [6, 6.07) is 20.9. The van der Waals surface area contributed by atoms with E-state index in [9.17, 15) is 19.5 Å². The lowest BCUT2D eigenvalue weighted by Crippen LogP contribution is -2.47. The Morgan fingerprint density at radius 2 is 1.48 bits per heavy atom. The summed E-state index contributed by atoms with van der Waals surface area (Å²) in [5.74, 6) is -0.589. The Labute approximate surface area is 234 Å². The number of aliphatic imine (C=N–C) groups is 1. The SMILES string of the molecule is Cc1ccc(C2CCC2C(=O)C2N=C2c2ccc(-c3ccc(C(=O)N4CCCC[C@H]4C(=O)O)cc3)cc2)cc1C. The van der Waals surface area contributed by atoms with Crippen LogP contribution in [0, 0.1) is 19.8 Å². The smallest absolute Gasteiger partial charge is 0.326 e. The predicted molar refractivity (Wildman–Crippen MR) is 155 cm³/mol. The Morgan fingerprint density at radius 3 is 2.10 bits per heavy atom. The van der Waals surface area contributed by atoms with Gasteiger partial charge in [0.25, 0.3) is 5.91 Å². The third-order valence-electron chi connectivity index (χ3n) is 9.02. The molecule has 1 saturated heterocycles. The van der Waals surface area contributed by atoms with Gasteiger partial charge in [0.15, 0.2) is 11.8 Å². The first kappa shape index (κ1) is 26.2. The van der Waals surface area contributed by atoms with E-state index in [1.165, 1.54) is 21.6 Å². The molecule has 0 spiro atoms. The molecular weight excluding hydrogens is 500 g/mol. The predicted octanol–water partition coefficient (Wildman–Crippen LogP) is 5.98. The van der Waals surface area contributed by atoms with Crippen LogP contribution in [-0.4, -0.2) is 52.0 Å². The zero-order valence-electron chi connectivity index (χ0n) is 23.0. The van der Waals surface area contributed by atoms with Gasteiger partial charge >= 0.3 is 5.97 Å². The van der Waals surface area contributed by atoms with Crippen LogP contribution >= 0.6 is 0 Å². The zero-order valence-corrected chi connectivity index (χ0v) is 23.0. The van der Waals surface area contributed by atoms with Crippen LogP contribution < -0.4 is 0 Å². The molecule has 1 aliphatic carbocycles. The molecule has 2 aliphatic heterocycles. The highest BCUT2D eigenvalue weighted by molar-refractivity contribution is 6.26. The van der Waals surface area contributed by atoms with Crippen LogP contribution in [0.3, 0.4) is 0 Å². The van der Waals surface area contributed by atoms with Gasteiger partial charge in [0.2, 0.25) is 0 Å². The maximum absolute atomic E-state index is 13.3. The van der Waals surface area contributed by atoms with Crippen molar-refractivity contribution in [1.82, 2.24) is 4.90 Å². The van der Waals surface area contributed by atoms with E-state index in [-0.39, 0.29) is 23.7 Å². The van der Waals surface area contributed by atoms with Crippen molar-refractivity contribution in [1.29, 1.82) is 0 Å². The molecule has 0 radical (unpaired) electrons. The molecule has 4 atom stereocenters. The van der Waals surface area contributed by atoms with E-state index in [4.69, 9.17) is 0 Å². The summed E-state index contributed by atoms with van der Waals surface area (Å²) in [5, 5.41) is 9.51. The van der Waals surface area contributed by atoms with Gasteiger partial charge in [-0.2, -0.15) is 0 Å². The van der Waals surface area contributed by atoms with Gasteiger partial charge in [0.1, 0.15) is 6.04 Å². The Morgan fingerprint density at radius 1 is 0.800 bits per heavy atom. The number of carbonyl (C=O) groups is 3. The first-order valence-corrected chi connectivity index (χ1v) is 14.2. The van der Waals surface area contributed by atoms with E-state index in [1.807, 2.05) is 36.4 Å². The number of rotatable bonds is 7. The van der Waals surface area contributed by atoms with Crippen molar-refractivity contribution >= 4 is 23.4 Å². The van der Waals surface area contributed by atoms with Crippen LogP contribution in [0.5, 0.6) is 0 Å². The molecule has 2 fully saturated rings. The van der Waals surface area contributed by atoms with Crippen LogP contribution in [0.2, 0.25) is 0 Å².